The Morgan fingerprint density at radius 3 is 2.70 bits per heavy atom. The average molecular weight is 309 g/mol. The predicted octanol–water partition coefficient (Wildman–Crippen LogP) is 1.81. The number of nitrogens with zero attached hydrogens (tertiary/aromatic N) is 4. The van der Waals surface area contributed by atoms with Gasteiger partial charge in [0.05, 0.1) is 12.1 Å². The van der Waals surface area contributed by atoms with Crippen molar-refractivity contribution >= 4 is 22.5 Å². The highest BCUT2D eigenvalue weighted by molar-refractivity contribution is 5.92. The quantitative estimate of drug-likeness (QED) is 0.612. The molecule has 0 radical (unpaired) electrons. The van der Waals surface area contributed by atoms with Gasteiger partial charge in [-0.1, -0.05) is 30.3 Å². The molecule has 4 rings (SSSR count). The van der Waals surface area contributed by atoms with Crippen molar-refractivity contribution in [2.24, 2.45) is 0 Å². The zero-order valence-electron chi connectivity index (χ0n) is 12.0. The van der Waals surface area contributed by atoms with Crippen LogP contribution in [0.3, 0.4) is 0 Å². The van der Waals surface area contributed by atoms with Crippen molar-refractivity contribution in [2.45, 2.75) is 6.54 Å². The molecule has 7 heteroatoms. The number of nitrogens with two attached hydrogens (primary N) is 1. The molecule has 0 saturated carbocycles. The van der Waals surface area contributed by atoms with Crippen molar-refractivity contribution in [1.82, 2.24) is 19.2 Å². The van der Waals surface area contributed by atoms with E-state index in [0.717, 1.165) is 5.56 Å². The number of anilines is 1. The van der Waals surface area contributed by atoms with Crippen LogP contribution < -0.4 is 11.4 Å². The van der Waals surface area contributed by atoms with Gasteiger partial charge >= 0.3 is 5.69 Å². The molecule has 0 aliphatic rings. The summed E-state index contributed by atoms with van der Waals surface area (Å²) >= 11 is 0. The lowest BCUT2D eigenvalue weighted by molar-refractivity contribution is 0.629. The Balaban J connectivity index is 1.99. The fourth-order valence-corrected chi connectivity index (χ4v) is 2.61. The second-order valence-electron chi connectivity index (χ2n) is 5.22. The van der Waals surface area contributed by atoms with Crippen molar-refractivity contribution in [3.05, 3.63) is 70.4 Å². The Bertz CT molecular complexity index is 1080. The first kappa shape index (κ1) is 13.4. The van der Waals surface area contributed by atoms with Crippen LogP contribution in [0.4, 0.5) is 10.3 Å². The van der Waals surface area contributed by atoms with Gasteiger partial charge in [0.2, 0.25) is 5.95 Å². The molecule has 0 unspecified atom stereocenters. The zero-order valence-corrected chi connectivity index (χ0v) is 12.0. The number of aromatic nitrogens is 4. The highest BCUT2D eigenvalue weighted by atomic mass is 19.1. The first-order chi connectivity index (χ1) is 11.1. The van der Waals surface area contributed by atoms with Crippen LogP contribution in [0.5, 0.6) is 0 Å². The Labute approximate surface area is 129 Å². The minimum atomic E-state index is -0.420. The summed E-state index contributed by atoms with van der Waals surface area (Å²) in [6.45, 7) is 0.303. The molecule has 2 heterocycles. The largest absolute Gasteiger partial charge is 0.369 e. The fraction of sp³-hybridized carbons (Fsp3) is 0.0625. The van der Waals surface area contributed by atoms with Crippen LogP contribution >= 0.6 is 0 Å². The second-order valence-corrected chi connectivity index (χ2v) is 5.22. The minimum Gasteiger partial charge on any atom is -0.369 e. The normalized spacial score (nSPS) is 11.3. The standard InChI is InChI=1S/C16H12FN5O/c17-11-6-7-13-12(8-11)14-20-21(9-10-4-2-1-3-5-10)16(23)22(14)15(18)19-13/h1-8H,9H2,(H2,18,19). The lowest BCUT2D eigenvalue weighted by Gasteiger charge is -2.01. The van der Waals surface area contributed by atoms with Gasteiger partial charge in [0.15, 0.2) is 5.65 Å². The number of hydrogen-bond donors (Lipinski definition) is 1. The van der Waals surface area contributed by atoms with Crippen molar-refractivity contribution in [2.75, 3.05) is 5.73 Å². The average Bonchev–Trinajstić information content (AvgIpc) is 2.87. The molecule has 0 fully saturated rings. The van der Waals surface area contributed by atoms with E-state index >= 15 is 0 Å². The molecule has 4 aromatic rings. The number of nitrogen functional groups attached to an aromatic ring is 1. The lowest BCUT2D eigenvalue weighted by atomic mass is 10.2. The van der Waals surface area contributed by atoms with E-state index < -0.39 is 11.5 Å². The first-order valence-electron chi connectivity index (χ1n) is 7.02. The van der Waals surface area contributed by atoms with E-state index in [1.54, 1.807) is 0 Å². The molecular weight excluding hydrogens is 297 g/mol. The zero-order chi connectivity index (χ0) is 16.0. The number of hydrogen-bond acceptors (Lipinski definition) is 4. The fourth-order valence-electron chi connectivity index (χ4n) is 2.61. The highest BCUT2D eigenvalue weighted by Crippen LogP contribution is 2.19. The van der Waals surface area contributed by atoms with Crippen LogP contribution in [-0.2, 0) is 6.54 Å². The van der Waals surface area contributed by atoms with Gasteiger partial charge in [0.1, 0.15) is 5.82 Å². The van der Waals surface area contributed by atoms with Gasteiger partial charge in [-0.3, -0.25) is 0 Å². The van der Waals surface area contributed by atoms with Gasteiger partial charge < -0.3 is 5.73 Å². The third-order valence-electron chi connectivity index (χ3n) is 3.68. The molecule has 2 aromatic heterocycles. The third-order valence-corrected chi connectivity index (χ3v) is 3.68. The maximum absolute atomic E-state index is 13.5. The molecule has 0 spiro atoms. The van der Waals surface area contributed by atoms with Gasteiger partial charge in [-0.15, -0.1) is 5.10 Å². The van der Waals surface area contributed by atoms with Crippen molar-refractivity contribution in [3.63, 3.8) is 0 Å². The van der Waals surface area contributed by atoms with Crippen LogP contribution in [0.15, 0.2) is 53.3 Å². The van der Waals surface area contributed by atoms with Crippen LogP contribution in [0, 0.1) is 5.82 Å². The van der Waals surface area contributed by atoms with Crippen molar-refractivity contribution in [1.29, 1.82) is 0 Å². The van der Waals surface area contributed by atoms with Gasteiger partial charge in [0, 0.05) is 5.39 Å². The molecule has 0 saturated heterocycles. The molecule has 0 aliphatic carbocycles. The summed E-state index contributed by atoms with van der Waals surface area (Å²) in [5, 5.41) is 4.77. The predicted molar refractivity (Wildman–Crippen MR) is 84.7 cm³/mol. The Hall–Kier alpha value is -3.22. The van der Waals surface area contributed by atoms with Crippen LogP contribution in [-0.4, -0.2) is 19.2 Å². The Morgan fingerprint density at radius 1 is 1.13 bits per heavy atom. The number of rotatable bonds is 2. The molecule has 114 valence electrons. The SMILES string of the molecule is Nc1nc2ccc(F)cc2c2nn(Cc3ccccc3)c(=O)n12. The minimum absolute atomic E-state index is 0.0309. The topological polar surface area (TPSA) is 78.2 Å². The van der Waals surface area contributed by atoms with Gasteiger partial charge in [-0.2, -0.15) is 0 Å². The highest BCUT2D eigenvalue weighted by Gasteiger charge is 2.15. The molecule has 0 atom stereocenters. The Morgan fingerprint density at radius 2 is 1.91 bits per heavy atom. The van der Waals surface area contributed by atoms with Gasteiger partial charge in [0.25, 0.3) is 0 Å². The van der Waals surface area contributed by atoms with E-state index in [-0.39, 0.29) is 5.95 Å². The van der Waals surface area contributed by atoms with Gasteiger partial charge in [-0.25, -0.2) is 23.3 Å². The van der Waals surface area contributed by atoms with Crippen molar-refractivity contribution in [3.8, 4) is 0 Å². The summed E-state index contributed by atoms with van der Waals surface area (Å²) in [6.07, 6.45) is 0. The Kier molecular flexibility index (Phi) is 2.87. The van der Waals surface area contributed by atoms with E-state index in [0.29, 0.717) is 23.1 Å². The second kappa shape index (κ2) is 4.91. The molecule has 2 aromatic carbocycles. The van der Waals surface area contributed by atoms with Gasteiger partial charge in [-0.05, 0) is 23.8 Å². The summed E-state index contributed by atoms with van der Waals surface area (Å²) in [6, 6.07) is 13.6. The summed E-state index contributed by atoms with van der Waals surface area (Å²) in [4.78, 5) is 16.7. The number of benzene rings is 2. The number of fused-ring (bicyclic) bond motifs is 3. The monoisotopic (exact) mass is 309 g/mol. The van der Waals surface area contributed by atoms with E-state index in [4.69, 9.17) is 5.73 Å². The first-order valence-corrected chi connectivity index (χ1v) is 7.02. The summed E-state index contributed by atoms with van der Waals surface area (Å²) in [5.41, 5.74) is 7.19. The summed E-state index contributed by atoms with van der Waals surface area (Å²) in [5.74, 6) is -0.389. The molecular formula is C16H12FN5O. The van der Waals surface area contributed by atoms with E-state index in [1.807, 2.05) is 30.3 Å². The van der Waals surface area contributed by atoms with E-state index in [9.17, 15) is 9.18 Å². The molecule has 0 bridgehead atoms. The molecule has 6 nitrogen and oxygen atoms in total. The molecule has 23 heavy (non-hydrogen) atoms. The van der Waals surface area contributed by atoms with Crippen LogP contribution in [0.2, 0.25) is 0 Å². The molecule has 2 N–H and O–H groups in total. The third kappa shape index (κ3) is 2.13. The summed E-state index contributed by atoms with van der Waals surface area (Å²) in [7, 11) is 0. The smallest absolute Gasteiger partial charge is 0.353 e. The van der Waals surface area contributed by atoms with E-state index in [2.05, 4.69) is 10.1 Å². The maximum Gasteiger partial charge on any atom is 0.353 e. The van der Waals surface area contributed by atoms with Crippen LogP contribution in [0.1, 0.15) is 5.56 Å². The van der Waals surface area contributed by atoms with E-state index in [1.165, 1.54) is 27.3 Å². The maximum atomic E-state index is 13.5. The number of halogens is 1. The lowest BCUT2D eigenvalue weighted by Crippen LogP contribution is -2.23. The van der Waals surface area contributed by atoms with Crippen molar-refractivity contribution < 1.29 is 4.39 Å². The molecule has 0 amide bonds. The summed E-state index contributed by atoms with van der Waals surface area (Å²) < 4.78 is 16.0. The molecule has 0 aliphatic heterocycles. The van der Waals surface area contributed by atoms with Crippen LogP contribution in [0.25, 0.3) is 16.6 Å².